The molecular weight excluding hydrogens is 277 g/mol. The van der Waals surface area contributed by atoms with Crippen LogP contribution >= 0.6 is 11.6 Å². The van der Waals surface area contributed by atoms with Crippen LogP contribution < -0.4 is 5.32 Å². The lowest BCUT2D eigenvalue weighted by Gasteiger charge is -2.08. The van der Waals surface area contributed by atoms with E-state index in [2.05, 4.69) is 15.3 Å². The van der Waals surface area contributed by atoms with Crippen LogP contribution in [-0.4, -0.2) is 17.0 Å². The quantitative estimate of drug-likeness (QED) is 0.770. The Morgan fingerprint density at radius 1 is 1.10 bits per heavy atom. The van der Waals surface area contributed by atoms with E-state index in [4.69, 9.17) is 11.6 Å². The summed E-state index contributed by atoms with van der Waals surface area (Å²) in [5.41, 5.74) is 1.35. The van der Waals surface area contributed by atoms with E-state index >= 15 is 0 Å². The summed E-state index contributed by atoms with van der Waals surface area (Å²) in [6, 6.07) is 11.6. The Balaban J connectivity index is 2.26. The molecule has 100 valence electrons. The molecule has 3 nitrogen and oxygen atoms in total. The summed E-state index contributed by atoms with van der Waals surface area (Å²) in [6.07, 6.45) is 0. The van der Waals surface area contributed by atoms with E-state index in [0.717, 1.165) is 10.9 Å². The molecule has 0 saturated heterocycles. The van der Waals surface area contributed by atoms with E-state index in [0.29, 0.717) is 22.2 Å². The van der Waals surface area contributed by atoms with Crippen LogP contribution in [0.25, 0.3) is 22.3 Å². The van der Waals surface area contributed by atoms with Crippen molar-refractivity contribution >= 4 is 28.3 Å². The maximum atomic E-state index is 13.3. The van der Waals surface area contributed by atoms with Gasteiger partial charge in [0.2, 0.25) is 0 Å². The lowest BCUT2D eigenvalue weighted by atomic mass is 10.2. The second kappa shape index (κ2) is 5.06. The molecule has 0 unspecified atom stereocenters. The standard InChI is InChI=1S/C15H11ClFN3/c1-18-15-12-6-5-10(16)8-13(12)19-14(20-15)9-3-2-4-11(17)7-9/h2-8H,1H3,(H,18,19,20). The van der Waals surface area contributed by atoms with Gasteiger partial charge in [-0.2, -0.15) is 0 Å². The van der Waals surface area contributed by atoms with Crippen LogP contribution in [0.5, 0.6) is 0 Å². The molecule has 0 spiro atoms. The number of nitrogens with one attached hydrogen (secondary N) is 1. The Bertz CT molecular complexity index is 789. The van der Waals surface area contributed by atoms with Crippen molar-refractivity contribution in [2.45, 2.75) is 0 Å². The number of fused-ring (bicyclic) bond motifs is 1. The molecule has 20 heavy (non-hydrogen) atoms. The maximum absolute atomic E-state index is 13.3. The fourth-order valence-electron chi connectivity index (χ4n) is 2.05. The molecular formula is C15H11ClFN3. The average Bonchev–Trinajstić information content (AvgIpc) is 2.45. The van der Waals surface area contributed by atoms with Crippen molar-refractivity contribution in [2.24, 2.45) is 0 Å². The number of hydrogen-bond acceptors (Lipinski definition) is 3. The van der Waals surface area contributed by atoms with Gasteiger partial charge < -0.3 is 5.32 Å². The zero-order valence-electron chi connectivity index (χ0n) is 10.7. The smallest absolute Gasteiger partial charge is 0.162 e. The Morgan fingerprint density at radius 2 is 1.95 bits per heavy atom. The average molecular weight is 288 g/mol. The summed E-state index contributed by atoms with van der Waals surface area (Å²) >= 11 is 6.00. The number of nitrogens with zero attached hydrogens (tertiary/aromatic N) is 2. The van der Waals surface area contributed by atoms with Gasteiger partial charge in [0.1, 0.15) is 11.6 Å². The molecule has 2 aromatic carbocycles. The van der Waals surface area contributed by atoms with Crippen LogP contribution in [0, 0.1) is 5.82 Å². The molecule has 1 N–H and O–H groups in total. The van der Waals surface area contributed by atoms with Crippen molar-refractivity contribution < 1.29 is 4.39 Å². The Morgan fingerprint density at radius 3 is 2.70 bits per heavy atom. The normalized spacial score (nSPS) is 10.8. The van der Waals surface area contributed by atoms with E-state index in [-0.39, 0.29) is 5.82 Å². The van der Waals surface area contributed by atoms with Crippen molar-refractivity contribution in [1.82, 2.24) is 9.97 Å². The summed E-state index contributed by atoms with van der Waals surface area (Å²) in [5, 5.41) is 4.50. The maximum Gasteiger partial charge on any atom is 0.162 e. The minimum absolute atomic E-state index is 0.316. The molecule has 3 rings (SSSR count). The predicted molar refractivity (Wildman–Crippen MR) is 79.5 cm³/mol. The highest BCUT2D eigenvalue weighted by Crippen LogP contribution is 2.27. The van der Waals surface area contributed by atoms with Crippen LogP contribution in [0.1, 0.15) is 0 Å². The van der Waals surface area contributed by atoms with Crippen molar-refractivity contribution in [2.75, 3.05) is 12.4 Å². The Hall–Kier alpha value is -2.20. The molecule has 0 aliphatic carbocycles. The van der Waals surface area contributed by atoms with E-state index in [1.807, 2.05) is 6.07 Å². The topological polar surface area (TPSA) is 37.8 Å². The zero-order chi connectivity index (χ0) is 14.1. The fourth-order valence-corrected chi connectivity index (χ4v) is 2.22. The third-order valence-corrected chi connectivity index (χ3v) is 3.21. The number of aromatic nitrogens is 2. The van der Waals surface area contributed by atoms with Crippen molar-refractivity contribution in [3.05, 3.63) is 53.3 Å². The molecule has 3 aromatic rings. The number of halogens is 2. The summed E-state index contributed by atoms with van der Waals surface area (Å²) in [5.74, 6) is 0.831. The third-order valence-electron chi connectivity index (χ3n) is 2.98. The van der Waals surface area contributed by atoms with Crippen LogP contribution in [0.15, 0.2) is 42.5 Å². The van der Waals surface area contributed by atoms with Gasteiger partial charge in [-0.25, -0.2) is 14.4 Å². The molecule has 0 bridgehead atoms. The zero-order valence-corrected chi connectivity index (χ0v) is 11.4. The summed E-state index contributed by atoms with van der Waals surface area (Å²) in [6.45, 7) is 0. The highest BCUT2D eigenvalue weighted by Gasteiger charge is 2.09. The van der Waals surface area contributed by atoms with Crippen molar-refractivity contribution in [3.8, 4) is 11.4 Å². The van der Waals surface area contributed by atoms with Gasteiger partial charge in [0.05, 0.1) is 5.52 Å². The first-order valence-corrected chi connectivity index (χ1v) is 6.46. The van der Waals surface area contributed by atoms with Gasteiger partial charge in [-0.05, 0) is 30.3 Å². The summed E-state index contributed by atoms with van der Waals surface area (Å²) in [7, 11) is 1.78. The van der Waals surface area contributed by atoms with Crippen molar-refractivity contribution in [3.63, 3.8) is 0 Å². The largest absolute Gasteiger partial charge is 0.373 e. The van der Waals surface area contributed by atoms with Gasteiger partial charge in [0.15, 0.2) is 5.82 Å². The fraction of sp³-hybridized carbons (Fsp3) is 0.0667. The highest BCUT2D eigenvalue weighted by atomic mass is 35.5. The lowest BCUT2D eigenvalue weighted by molar-refractivity contribution is 0.628. The van der Waals surface area contributed by atoms with Gasteiger partial charge in [-0.1, -0.05) is 23.7 Å². The molecule has 0 fully saturated rings. The predicted octanol–water partition coefficient (Wildman–Crippen LogP) is 4.13. The first-order valence-electron chi connectivity index (χ1n) is 6.08. The molecule has 1 aromatic heterocycles. The molecule has 0 aliphatic rings. The van der Waals surface area contributed by atoms with Gasteiger partial charge >= 0.3 is 0 Å². The Labute approximate surface area is 120 Å². The van der Waals surface area contributed by atoms with Crippen LogP contribution in [0.4, 0.5) is 10.2 Å². The number of rotatable bonds is 2. The van der Waals surface area contributed by atoms with E-state index in [1.54, 1.807) is 31.3 Å². The number of hydrogen-bond donors (Lipinski definition) is 1. The minimum atomic E-state index is -0.316. The highest BCUT2D eigenvalue weighted by molar-refractivity contribution is 6.31. The van der Waals surface area contributed by atoms with E-state index in [9.17, 15) is 4.39 Å². The SMILES string of the molecule is CNc1nc(-c2cccc(F)c2)nc2cc(Cl)ccc12. The van der Waals surface area contributed by atoms with E-state index < -0.39 is 0 Å². The molecule has 0 radical (unpaired) electrons. The van der Waals surface area contributed by atoms with Crippen LogP contribution in [-0.2, 0) is 0 Å². The summed E-state index contributed by atoms with van der Waals surface area (Å²) < 4.78 is 13.3. The molecule has 1 heterocycles. The molecule has 0 amide bonds. The first-order chi connectivity index (χ1) is 9.67. The molecule has 0 aliphatic heterocycles. The van der Waals surface area contributed by atoms with Gasteiger partial charge in [-0.15, -0.1) is 0 Å². The molecule has 0 saturated carbocycles. The summed E-state index contributed by atoms with van der Waals surface area (Å²) in [4.78, 5) is 8.88. The van der Waals surface area contributed by atoms with Crippen LogP contribution in [0.3, 0.4) is 0 Å². The van der Waals surface area contributed by atoms with E-state index in [1.165, 1.54) is 12.1 Å². The van der Waals surface area contributed by atoms with Crippen LogP contribution in [0.2, 0.25) is 5.02 Å². The third kappa shape index (κ3) is 2.30. The number of anilines is 1. The second-order valence-corrected chi connectivity index (χ2v) is 4.75. The number of benzene rings is 2. The monoisotopic (exact) mass is 287 g/mol. The van der Waals surface area contributed by atoms with Gasteiger partial charge in [0, 0.05) is 23.0 Å². The minimum Gasteiger partial charge on any atom is -0.373 e. The molecule has 5 heteroatoms. The Kier molecular flexibility index (Phi) is 3.24. The lowest BCUT2D eigenvalue weighted by Crippen LogP contribution is -1.99. The van der Waals surface area contributed by atoms with Crippen molar-refractivity contribution in [1.29, 1.82) is 0 Å². The second-order valence-electron chi connectivity index (χ2n) is 4.32. The molecule has 0 atom stereocenters. The van der Waals surface area contributed by atoms with Gasteiger partial charge in [0.25, 0.3) is 0 Å². The first kappa shape index (κ1) is 12.8. The van der Waals surface area contributed by atoms with Gasteiger partial charge in [-0.3, -0.25) is 0 Å².